The molecular formula is C23H19ClN2O5S. The summed E-state index contributed by atoms with van der Waals surface area (Å²) in [6.45, 7) is 2.02. The van der Waals surface area contributed by atoms with Crippen molar-refractivity contribution in [3.8, 4) is 0 Å². The third kappa shape index (κ3) is 4.06. The van der Waals surface area contributed by atoms with E-state index in [0.717, 1.165) is 5.56 Å². The maximum absolute atomic E-state index is 13.4. The SMILES string of the molecule is Cc1cc(C(=O)Nc2ccc(Cl)cc2C(=O)O)cc(S(=O)(=O)N2CCc3ccccc32)c1. The van der Waals surface area contributed by atoms with Crippen LogP contribution in [0.25, 0.3) is 0 Å². The van der Waals surface area contributed by atoms with Crippen molar-refractivity contribution in [3.05, 3.63) is 87.9 Å². The average Bonchev–Trinajstić information content (AvgIpc) is 3.19. The lowest BCUT2D eigenvalue weighted by atomic mass is 10.1. The van der Waals surface area contributed by atoms with E-state index in [1.165, 1.54) is 34.6 Å². The van der Waals surface area contributed by atoms with Crippen LogP contribution in [0.5, 0.6) is 0 Å². The van der Waals surface area contributed by atoms with Crippen LogP contribution in [0.15, 0.2) is 65.6 Å². The van der Waals surface area contributed by atoms with E-state index in [1.807, 2.05) is 12.1 Å². The minimum absolute atomic E-state index is 0.00563. The Morgan fingerprint density at radius 1 is 1.06 bits per heavy atom. The highest BCUT2D eigenvalue weighted by molar-refractivity contribution is 7.92. The summed E-state index contributed by atoms with van der Waals surface area (Å²) in [5.41, 5.74) is 2.16. The molecule has 3 aromatic carbocycles. The van der Waals surface area contributed by atoms with Gasteiger partial charge >= 0.3 is 5.97 Å². The molecule has 0 unspecified atom stereocenters. The van der Waals surface area contributed by atoms with Gasteiger partial charge in [-0.1, -0.05) is 29.8 Å². The van der Waals surface area contributed by atoms with E-state index in [1.54, 1.807) is 25.1 Å². The number of fused-ring (bicyclic) bond motifs is 1. The number of sulfonamides is 1. The fraction of sp³-hybridized carbons (Fsp3) is 0.130. The number of para-hydroxylation sites is 1. The highest BCUT2D eigenvalue weighted by Gasteiger charge is 2.31. The number of benzene rings is 3. The van der Waals surface area contributed by atoms with E-state index in [2.05, 4.69) is 5.32 Å². The van der Waals surface area contributed by atoms with Gasteiger partial charge in [-0.2, -0.15) is 0 Å². The number of aromatic carboxylic acids is 1. The number of halogens is 1. The number of hydrogen-bond donors (Lipinski definition) is 2. The largest absolute Gasteiger partial charge is 0.478 e. The third-order valence-corrected chi connectivity index (χ3v) is 7.23. The number of carboxylic acids is 1. The van der Waals surface area contributed by atoms with Crippen molar-refractivity contribution in [2.75, 3.05) is 16.2 Å². The zero-order valence-electron chi connectivity index (χ0n) is 17.0. The molecule has 1 aliphatic heterocycles. The zero-order valence-corrected chi connectivity index (χ0v) is 18.6. The van der Waals surface area contributed by atoms with E-state index < -0.39 is 21.9 Å². The molecule has 0 aromatic heterocycles. The lowest BCUT2D eigenvalue weighted by Gasteiger charge is -2.20. The number of nitrogens with zero attached hydrogens (tertiary/aromatic N) is 1. The fourth-order valence-corrected chi connectivity index (χ4v) is 5.52. The van der Waals surface area contributed by atoms with Crippen LogP contribution in [0.1, 0.15) is 31.8 Å². The van der Waals surface area contributed by atoms with Crippen molar-refractivity contribution in [2.45, 2.75) is 18.2 Å². The predicted octanol–water partition coefficient (Wildman–Crippen LogP) is 4.35. The molecule has 1 aliphatic rings. The number of aryl methyl sites for hydroxylation is 1. The lowest BCUT2D eigenvalue weighted by Crippen LogP contribution is -2.29. The maximum Gasteiger partial charge on any atom is 0.337 e. The molecule has 4 rings (SSSR count). The molecule has 1 heterocycles. The summed E-state index contributed by atoms with van der Waals surface area (Å²) in [4.78, 5) is 24.4. The first-order chi connectivity index (χ1) is 15.2. The van der Waals surface area contributed by atoms with E-state index in [-0.39, 0.29) is 26.7 Å². The number of rotatable bonds is 5. The van der Waals surface area contributed by atoms with Crippen molar-refractivity contribution in [2.24, 2.45) is 0 Å². The number of anilines is 2. The summed E-state index contributed by atoms with van der Waals surface area (Å²) >= 11 is 5.86. The Labute approximate surface area is 190 Å². The first-order valence-electron chi connectivity index (χ1n) is 9.73. The van der Waals surface area contributed by atoms with Crippen molar-refractivity contribution in [1.29, 1.82) is 0 Å². The van der Waals surface area contributed by atoms with Gasteiger partial charge in [0.25, 0.3) is 15.9 Å². The second kappa shape index (κ2) is 8.29. The topological polar surface area (TPSA) is 104 Å². The molecule has 0 fully saturated rings. The van der Waals surface area contributed by atoms with E-state index in [9.17, 15) is 23.1 Å². The van der Waals surface area contributed by atoms with Crippen molar-refractivity contribution < 1.29 is 23.1 Å². The van der Waals surface area contributed by atoms with Gasteiger partial charge in [-0.05, 0) is 66.9 Å². The van der Waals surface area contributed by atoms with Gasteiger partial charge in [0.15, 0.2) is 0 Å². The Hall–Kier alpha value is -3.36. The van der Waals surface area contributed by atoms with E-state index in [0.29, 0.717) is 24.2 Å². The number of nitrogens with one attached hydrogen (secondary N) is 1. The summed E-state index contributed by atoms with van der Waals surface area (Å²) in [7, 11) is -3.89. The fourth-order valence-electron chi connectivity index (χ4n) is 3.71. The molecule has 0 saturated heterocycles. The summed E-state index contributed by atoms with van der Waals surface area (Å²) in [6, 6.07) is 15.7. The molecule has 0 spiro atoms. The second-order valence-corrected chi connectivity index (χ2v) is 9.74. The number of carbonyl (C=O) groups is 2. The van der Waals surface area contributed by atoms with Gasteiger partial charge in [0.2, 0.25) is 0 Å². The third-order valence-electron chi connectivity index (χ3n) is 5.21. The Balaban J connectivity index is 1.68. The molecule has 32 heavy (non-hydrogen) atoms. The second-order valence-electron chi connectivity index (χ2n) is 7.44. The number of hydrogen-bond acceptors (Lipinski definition) is 4. The predicted molar refractivity (Wildman–Crippen MR) is 122 cm³/mol. The molecule has 1 amide bonds. The van der Waals surface area contributed by atoms with Gasteiger partial charge in [-0.3, -0.25) is 9.10 Å². The Morgan fingerprint density at radius 3 is 2.56 bits per heavy atom. The molecule has 3 aromatic rings. The van der Waals surface area contributed by atoms with Gasteiger partial charge in [-0.15, -0.1) is 0 Å². The van der Waals surface area contributed by atoms with Crippen LogP contribution in [-0.2, 0) is 16.4 Å². The molecular weight excluding hydrogens is 452 g/mol. The van der Waals surface area contributed by atoms with Crippen LogP contribution < -0.4 is 9.62 Å². The Morgan fingerprint density at radius 2 is 1.81 bits per heavy atom. The molecule has 9 heteroatoms. The molecule has 7 nitrogen and oxygen atoms in total. The van der Waals surface area contributed by atoms with Crippen LogP contribution in [-0.4, -0.2) is 31.9 Å². The Bertz CT molecular complexity index is 1350. The normalized spacial score (nSPS) is 13.0. The summed E-state index contributed by atoms with van der Waals surface area (Å²) in [5.74, 6) is -1.88. The summed E-state index contributed by atoms with van der Waals surface area (Å²) < 4.78 is 28.1. The van der Waals surface area contributed by atoms with Gasteiger partial charge in [0, 0.05) is 17.1 Å². The minimum Gasteiger partial charge on any atom is -0.478 e. The van der Waals surface area contributed by atoms with Gasteiger partial charge < -0.3 is 10.4 Å². The first-order valence-corrected chi connectivity index (χ1v) is 11.5. The lowest BCUT2D eigenvalue weighted by molar-refractivity contribution is 0.0698. The van der Waals surface area contributed by atoms with Crippen molar-refractivity contribution in [3.63, 3.8) is 0 Å². The highest BCUT2D eigenvalue weighted by atomic mass is 35.5. The van der Waals surface area contributed by atoms with Crippen LogP contribution >= 0.6 is 11.6 Å². The molecule has 0 bridgehead atoms. The quantitative estimate of drug-likeness (QED) is 0.577. The van der Waals surface area contributed by atoms with Crippen LogP contribution in [0.3, 0.4) is 0 Å². The highest BCUT2D eigenvalue weighted by Crippen LogP contribution is 2.33. The first kappa shape index (κ1) is 21.9. The number of carbonyl (C=O) groups excluding carboxylic acids is 1. The monoisotopic (exact) mass is 470 g/mol. The molecule has 2 N–H and O–H groups in total. The van der Waals surface area contributed by atoms with Crippen molar-refractivity contribution >= 4 is 44.9 Å². The van der Waals surface area contributed by atoms with Gasteiger partial charge in [-0.25, -0.2) is 13.2 Å². The smallest absolute Gasteiger partial charge is 0.337 e. The van der Waals surface area contributed by atoms with Gasteiger partial charge in [0.05, 0.1) is 21.8 Å². The Kier molecular flexibility index (Phi) is 5.66. The van der Waals surface area contributed by atoms with E-state index >= 15 is 0 Å². The molecule has 0 aliphatic carbocycles. The standard InChI is InChI=1S/C23H19ClN2O5S/c1-14-10-16(22(27)25-20-7-6-17(24)13-19(20)23(28)29)12-18(11-14)32(30,31)26-9-8-15-4-2-3-5-21(15)26/h2-7,10-13H,8-9H2,1H3,(H,25,27)(H,28,29). The molecule has 0 atom stereocenters. The van der Waals surface area contributed by atoms with Crippen LogP contribution in [0.2, 0.25) is 5.02 Å². The summed E-state index contributed by atoms with van der Waals surface area (Å²) in [6.07, 6.45) is 0.614. The number of amides is 1. The zero-order chi connectivity index (χ0) is 23.0. The van der Waals surface area contributed by atoms with Gasteiger partial charge in [0.1, 0.15) is 0 Å². The minimum atomic E-state index is -3.89. The summed E-state index contributed by atoms with van der Waals surface area (Å²) in [5, 5.41) is 12.1. The van der Waals surface area contributed by atoms with E-state index in [4.69, 9.17) is 11.6 Å². The van der Waals surface area contributed by atoms with Crippen LogP contribution in [0, 0.1) is 6.92 Å². The number of carboxylic acid groups (broad SMARTS) is 1. The molecule has 164 valence electrons. The van der Waals surface area contributed by atoms with Crippen molar-refractivity contribution in [1.82, 2.24) is 0 Å². The average molecular weight is 471 g/mol. The van der Waals surface area contributed by atoms with Crippen LogP contribution in [0.4, 0.5) is 11.4 Å². The molecule has 0 saturated carbocycles. The molecule has 0 radical (unpaired) electrons. The maximum atomic E-state index is 13.4.